The molecule has 148 valence electrons. The fourth-order valence-corrected chi connectivity index (χ4v) is 3.15. The molecule has 8 heteroatoms. The molecule has 1 heterocycles. The van der Waals surface area contributed by atoms with Crippen molar-refractivity contribution in [2.24, 2.45) is 10.2 Å². The molecule has 0 aliphatic carbocycles. The Bertz CT molecular complexity index is 997. The van der Waals surface area contributed by atoms with E-state index in [1.54, 1.807) is 6.21 Å². The van der Waals surface area contributed by atoms with Gasteiger partial charge in [0.1, 0.15) is 12.4 Å². The van der Waals surface area contributed by atoms with Gasteiger partial charge in [-0.2, -0.15) is 5.10 Å². The standard InChI is InChI=1S/C21H19N3O4S/c1-14-4-3-5-16(10-14)13-28-17-8-6-15(7-9-17)12-22-24-21-23-20(26)18(29-21)11-19(25)27-2/h3-12H,13H2,1-2H3,(H,23,24,26)/b18-11+,22-12?. The molecule has 0 saturated carbocycles. The van der Waals surface area contributed by atoms with E-state index in [0.29, 0.717) is 11.8 Å². The third kappa shape index (κ3) is 6.05. The SMILES string of the molecule is COC(=O)/C=C1/S/C(=N\N=Cc2ccc(OCc3cccc(C)c3)cc2)NC1=O. The van der Waals surface area contributed by atoms with Gasteiger partial charge in [0, 0.05) is 6.08 Å². The van der Waals surface area contributed by atoms with Gasteiger partial charge in [-0.25, -0.2) is 4.79 Å². The van der Waals surface area contributed by atoms with E-state index in [1.807, 2.05) is 49.4 Å². The van der Waals surface area contributed by atoms with Crippen molar-refractivity contribution in [3.8, 4) is 5.75 Å². The van der Waals surface area contributed by atoms with E-state index in [4.69, 9.17) is 4.74 Å². The lowest BCUT2D eigenvalue weighted by Crippen LogP contribution is -2.19. The normalized spacial score (nSPS) is 16.4. The zero-order valence-electron chi connectivity index (χ0n) is 15.9. The number of amides is 1. The zero-order valence-corrected chi connectivity index (χ0v) is 16.7. The van der Waals surface area contributed by atoms with Gasteiger partial charge in [0.2, 0.25) is 0 Å². The van der Waals surface area contributed by atoms with Crippen molar-refractivity contribution in [1.29, 1.82) is 0 Å². The number of carbonyl (C=O) groups is 2. The second kappa shape index (κ2) is 9.70. The number of carbonyl (C=O) groups excluding carboxylic acids is 2. The topological polar surface area (TPSA) is 89.3 Å². The number of benzene rings is 2. The lowest BCUT2D eigenvalue weighted by molar-refractivity contribution is -0.135. The predicted molar refractivity (Wildman–Crippen MR) is 113 cm³/mol. The smallest absolute Gasteiger partial charge is 0.331 e. The Morgan fingerprint density at radius 3 is 2.72 bits per heavy atom. The summed E-state index contributed by atoms with van der Waals surface area (Å²) < 4.78 is 10.3. The van der Waals surface area contributed by atoms with Crippen molar-refractivity contribution in [3.63, 3.8) is 0 Å². The molecule has 1 amide bonds. The minimum absolute atomic E-state index is 0.209. The number of esters is 1. The predicted octanol–water partition coefficient (Wildman–Crippen LogP) is 3.18. The van der Waals surface area contributed by atoms with Crippen LogP contribution in [0.4, 0.5) is 0 Å². The summed E-state index contributed by atoms with van der Waals surface area (Å²) in [5.41, 5.74) is 3.14. The van der Waals surface area contributed by atoms with E-state index in [0.717, 1.165) is 34.7 Å². The summed E-state index contributed by atoms with van der Waals surface area (Å²) in [7, 11) is 1.25. The number of thioether (sulfide) groups is 1. The van der Waals surface area contributed by atoms with E-state index in [-0.39, 0.29) is 4.91 Å². The fourth-order valence-electron chi connectivity index (χ4n) is 2.41. The van der Waals surface area contributed by atoms with Gasteiger partial charge in [0.05, 0.1) is 18.2 Å². The van der Waals surface area contributed by atoms with Crippen molar-refractivity contribution in [2.45, 2.75) is 13.5 Å². The highest BCUT2D eigenvalue weighted by Crippen LogP contribution is 2.23. The molecule has 0 spiro atoms. The maximum absolute atomic E-state index is 11.7. The number of aryl methyl sites for hydroxylation is 1. The van der Waals surface area contributed by atoms with E-state index in [2.05, 4.69) is 26.3 Å². The third-order valence-electron chi connectivity index (χ3n) is 3.82. The van der Waals surface area contributed by atoms with Crippen LogP contribution in [-0.2, 0) is 20.9 Å². The highest BCUT2D eigenvalue weighted by Gasteiger charge is 2.24. The van der Waals surface area contributed by atoms with Crippen LogP contribution in [0, 0.1) is 6.92 Å². The molecule has 2 aromatic rings. The van der Waals surface area contributed by atoms with Crippen molar-refractivity contribution < 1.29 is 19.1 Å². The van der Waals surface area contributed by atoms with Crippen molar-refractivity contribution in [1.82, 2.24) is 5.32 Å². The molecular formula is C21H19N3O4S. The van der Waals surface area contributed by atoms with E-state index in [9.17, 15) is 9.59 Å². The van der Waals surface area contributed by atoms with Crippen LogP contribution in [0.5, 0.6) is 5.75 Å². The molecule has 0 unspecified atom stereocenters. The highest BCUT2D eigenvalue weighted by molar-refractivity contribution is 8.18. The number of methoxy groups -OCH3 is 1. The molecule has 0 bridgehead atoms. The van der Waals surface area contributed by atoms with Crippen LogP contribution in [0.25, 0.3) is 0 Å². The zero-order chi connectivity index (χ0) is 20.6. The first kappa shape index (κ1) is 20.3. The van der Waals surface area contributed by atoms with Gasteiger partial charge in [-0.15, -0.1) is 5.10 Å². The lowest BCUT2D eigenvalue weighted by Gasteiger charge is -2.07. The van der Waals surface area contributed by atoms with Crippen LogP contribution in [0.2, 0.25) is 0 Å². The summed E-state index contributed by atoms with van der Waals surface area (Å²) in [6.45, 7) is 2.55. The molecule has 7 nitrogen and oxygen atoms in total. The van der Waals surface area contributed by atoms with Crippen molar-refractivity contribution in [3.05, 3.63) is 76.2 Å². The minimum atomic E-state index is -0.600. The summed E-state index contributed by atoms with van der Waals surface area (Å²) >= 11 is 1.02. The highest BCUT2D eigenvalue weighted by atomic mass is 32.2. The van der Waals surface area contributed by atoms with Crippen LogP contribution < -0.4 is 10.1 Å². The Balaban J connectivity index is 1.55. The Morgan fingerprint density at radius 2 is 2.00 bits per heavy atom. The van der Waals surface area contributed by atoms with Crippen LogP contribution in [0.1, 0.15) is 16.7 Å². The first-order valence-corrected chi connectivity index (χ1v) is 9.53. The maximum Gasteiger partial charge on any atom is 0.331 e. The number of rotatable bonds is 6. The summed E-state index contributed by atoms with van der Waals surface area (Å²) in [5, 5.41) is 10.7. The number of amidine groups is 1. The number of nitrogens with zero attached hydrogens (tertiary/aromatic N) is 2. The Hall–Kier alpha value is -3.39. The molecular weight excluding hydrogens is 390 g/mol. The summed E-state index contributed by atoms with van der Waals surface area (Å²) in [5.74, 6) is -0.257. The molecule has 3 rings (SSSR count). The first-order valence-electron chi connectivity index (χ1n) is 8.72. The largest absolute Gasteiger partial charge is 0.489 e. The van der Waals surface area contributed by atoms with Gasteiger partial charge in [-0.1, -0.05) is 29.8 Å². The summed E-state index contributed by atoms with van der Waals surface area (Å²) in [6.07, 6.45) is 2.67. The molecule has 1 aliphatic heterocycles. The number of ether oxygens (including phenoxy) is 2. The van der Waals surface area contributed by atoms with E-state index in [1.165, 1.54) is 12.7 Å². The van der Waals surface area contributed by atoms with Crippen LogP contribution in [-0.4, -0.2) is 30.4 Å². The molecule has 0 atom stereocenters. The van der Waals surface area contributed by atoms with Crippen LogP contribution in [0.3, 0.4) is 0 Å². The van der Waals surface area contributed by atoms with Crippen LogP contribution in [0.15, 0.2) is 69.7 Å². The molecule has 1 fully saturated rings. The van der Waals surface area contributed by atoms with Gasteiger partial charge in [0.15, 0.2) is 5.17 Å². The monoisotopic (exact) mass is 409 g/mol. The first-order chi connectivity index (χ1) is 14.0. The Morgan fingerprint density at radius 1 is 1.21 bits per heavy atom. The fraction of sp³-hybridized carbons (Fsp3) is 0.143. The molecule has 29 heavy (non-hydrogen) atoms. The third-order valence-corrected chi connectivity index (χ3v) is 4.72. The minimum Gasteiger partial charge on any atom is -0.489 e. The quantitative estimate of drug-likeness (QED) is 0.343. The Kier molecular flexibility index (Phi) is 6.80. The molecule has 1 N–H and O–H groups in total. The molecule has 1 saturated heterocycles. The van der Waals surface area contributed by atoms with Crippen molar-refractivity contribution in [2.75, 3.05) is 7.11 Å². The molecule has 0 aromatic heterocycles. The summed E-state index contributed by atoms with van der Waals surface area (Å²) in [6, 6.07) is 15.6. The molecule has 1 aliphatic rings. The second-order valence-electron chi connectivity index (χ2n) is 6.08. The van der Waals surface area contributed by atoms with Crippen LogP contribution >= 0.6 is 11.8 Å². The van der Waals surface area contributed by atoms with Gasteiger partial charge in [0.25, 0.3) is 5.91 Å². The van der Waals surface area contributed by atoms with E-state index >= 15 is 0 Å². The number of hydrogen-bond acceptors (Lipinski definition) is 7. The lowest BCUT2D eigenvalue weighted by atomic mass is 10.1. The summed E-state index contributed by atoms with van der Waals surface area (Å²) in [4.78, 5) is 23.2. The van der Waals surface area contributed by atoms with Gasteiger partial charge in [-0.3, -0.25) is 10.1 Å². The van der Waals surface area contributed by atoms with E-state index < -0.39 is 11.9 Å². The molecule has 2 aromatic carbocycles. The average Bonchev–Trinajstić information content (AvgIpc) is 3.06. The van der Waals surface area contributed by atoms with Gasteiger partial charge < -0.3 is 9.47 Å². The maximum atomic E-state index is 11.7. The number of nitrogens with one attached hydrogen (secondary N) is 1. The Labute approximate surface area is 172 Å². The second-order valence-corrected chi connectivity index (χ2v) is 7.12. The van der Waals surface area contributed by atoms with Crippen molar-refractivity contribution >= 4 is 35.0 Å². The molecule has 0 radical (unpaired) electrons. The van der Waals surface area contributed by atoms with Gasteiger partial charge >= 0.3 is 5.97 Å². The van der Waals surface area contributed by atoms with Gasteiger partial charge in [-0.05, 0) is 54.1 Å². The number of hydrogen-bond donors (Lipinski definition) is 1. The average molecular weight is 409 g/mol.